The van der Waals surface area contributed by atoms with E-state index in [-0.39, 0.29) is 5.78 Å². The number of rotatable bonds is 5. The molecule has 1 heterocycles. The number of carbonyl (C=O) groups is 1. The van der Waals surface area contributed by atoms with E-state index in [0.29, 0.717) is 6.54 Å². The van der Waals surface area contributed by atoms with Crippen LogP contribution in [0.5, 0.6) is 0 Å². The fraction of sp³-hybridized carbons (Fsp3) is 0.583. The maximum Gasteiger partial charge on any atom is 0.178 e. The van der Waals surface area contributed by atoms with Crippen molar-refractivity contribution in [2.24, 2.45) is 7.05 Å². The van der Waals surface area contributed by atoms with Gasteiger partial charge in [-0.15, -0.1) is 0 Å². The number of aromatic nitrogens is 1. The monoisotopic (exact) mass is 208 g/mol. The molecule has 0 aromatic carbocycles. The van der Waals surface area contributed by atoms with Crippen LogP contribution < -0.4 is 5.32 Å². The summed E-state index contributed by atoms with van der Waals surface area (Å²) in [5.74, 6) is 0.185. The first-order valence-electron chi connectivity index (χ1n) is 5.44. The third kappa shape index (κ3) is 2.69. The number of ketones is 1. The Kier molecular flexibility index (Phi) is 4.09. The van der Waals surface area contributed by atoms with Gasteiger partial charge in [0.1, 0.15) is 0 Å². The van der Waals surface area contributed by atoms with Crippen LogP contribution in [0.4, 0.5) is 0 Å². The highest BCUT2D eigenvalue weighted by Crippen LogP contribution is 2.13. The van der Waals surface area contributed by atoms with E-state index in [0.717, 1.165) is 29.9 Å². The minimum absolute atomic E-state index is 0.185. The molecule has 0 radical (unpaired) electrons. The second-order valence-corrected chi connectivity index (χ2v) is 3.94. The minimum Gasteiger partial charge on any atom is -0.351 e. The van der Waals surface area contributed by atoms with Crippen LogP contribution in [-0.2, 0) is 7.05 Å². The van der Waals surface area contributed by atoms with Crippen molar-refractivity contribution in [1.29, 1.82) is 0 Å². The Morgan fingerprint density at radius 2 is 2.13 bits per heavy atom. The highest BCUT2D eigenvalue weighted by Gasteiger charge is 2.12. The van der Waals surface area contributed by atoms with Gasteiger partial charge in [-0.25, -0.2) is 0 Å². The topological polar surface area (TPSA) is 34.0 Å². The average Bonchev–Trinajstić information content (AvgIpc) is 2.46. The predicted octanol–water partition coefficient (Wildman–Crippen LogP) is 1.82. The zero-order valence-electron chi connectivity index (χ0n) is 10.1. The molecule has 0 aliphatic carbocycles. The van der Waals surface area contributed by atoms with E-state index in [2.05, 4.69) is 12.2 Å². The lowest BCUT2D eigenvalue weighted by Gasteiger charge is -2.03. The Labute approximate surface area is 91.5 Å². The van der Waals surface area contributed by atoms with Crippen molar-refractivity contribution in [3.8, 4) is 0 Å². The van der Waals surface area contributed by atoms with E-state index in [1.165, 1.54) is 0 Å². The second kappa shape index (κ2) is 5.12. The number of nitrogens with zero attached hydrogens (tertiary/aromatic N) is 1. The third-order valence-corrected chi connectivity index (χ3v) is 2.79. The molecule has 1 aromatic rings. The number of nitrogens with one attached hydrogen (secondary N) is 1. The molecule has 1 N–H and O–H groups in total. The molecule has 0 aliphatic heterocycles. The van der Waals surface area contributed by atoms with Crippen LogP contribution in [-0.4, -0.2) is 23.4 Å². The van der Waals surface area contributed by atoms with Crippen LogP contribution in [0.3, 0.4) is 0 Å². The molecular weight excluding hydrogens is 188 g/mol. The number of hydrogen-bond acceptors (Lipinski definition) is 2. The number of carbonyl (C=O) groups excluding carboxylic acids is 1. The van der Waals surface area contributed by atoms with Crippen molar-refractivity contribution in [2.45, 2.75) is 27.2 Å². The first-order chi connectivity index (χ1) is 7.07. The SMILES string of the molecule is CCCNCC(=O)c1cc(C)n(C)c1C. The second-order valence-electron chi connectivity index (χ2n) is 3.94. The van der Waals surface area contributed by atoms with Gasteiger partial charge in [0.15, 0.2) is 5.78 Å². The van der Waals surface area contributed by atoms with Gasteiger partial charge in [-0.2, -0.15) is 0 Å². The standard InChI is InChI=1S/C12H20N2O/c1-5-6-13-8-12(15)11-7-9(2)14(4)10(11)3/h7,13H,5-6,8H2,1-4H3. The summed E-state index contributed by atoms with van der Waals surface area (Å²) in [6.45, 7) is 7.44. The van der Waals surface area contributed by atoms with Crippen LogP contribution in [0.15, 0.2) is 6.07 Å². The van der Waals surface area contributed by atoms with Crippen LogP contribution in [0.1, 0.15) is 35.1 Å². The zero-order valence-corrected chi connectivity index (χ0v) is 10.1. The molecule has 0 spiro atoms. The summed E-state index contributed by atoms with van der Waals surface area (Å²) in [5, 5.41) is 3.13. The molecule has 3 nitrogen and oxygen atoms in total. The summed E-state index contributed by atoms with van der Waals surface area (Å²) in [6.07, 6.45) is 1.06. The smallest absolute Gasteiger partial charge is 0.178 e. The van der Waals surface area contributed by atoms with E-state index in [4.69, 9.17) is 0 Å². The van der Waals surface area contributed by atoms with E-state index in [1.807, 2.05) is 31.5 Å². The fourth-order valence-electron chi connectivity index (χ4n) is 1.61. The zero-order chi connectivity index (χ0) is 11.4. The van der Waals surface area contributed by atoms with Gasteiger partial charge in [-0.05, 0) is 32.9 Å². The molecule has 0 atom stereocenters. The minimum atomic E-state index is 0.185. The van der Waals surface area contributed by atoms with Gasteiger partial charge >= 0.3 is 0 Å². The molecule has 1 rings (SSSR count). The molecule has 0 aliphatic rings. The van der Waals surface area contributed by atoms with E-state index < -0.39 is 0 Å². The van der Waals surface area contributed by atoms with E-state index in [9.17, 15) is 4.79 Å². The molecule has 0 fully saturated rings. The molecule has 3 heteroatoms. The fourth-order valence-corrected chi connectivity index (χ4v) is 1.61. The molecule has 84 valence electrons. The first kappa shape index (κ1) is 12.0. The largest absolute Gasteiger partial charge is 0.351 e. The van der Waals surface area contributed by atoms with E-state index >= 15 is 0 Å². The third-order valence-electron chi connectivity index (χ3n) is 2.79. The maximum atomic E-state index is 11.8. The molecular formula is C12H20N2O. The van der Waals surface area contributed by atoms with Crippen molar-refractivity contribution in [2.75, 3.05) is 13.1 Å². The quantitative estimate of drug-likeness (QED) is 0.591. The Morgan fingerprint density at radius 3 is 2.60 bits per heavy atom. The molecule has 0 unspecified atom stereocenters. The molecule has 0 bridgehead atoms. The number of hydrogen-bond donors (Lipinski definition) is 1. The Hall–Kier alpha value is -1.09. The number of Topliss-reactive ketones (excluding diaryl/α,β-unsaturated/α-hetero) is 1. The Morgan fingerprint density at radius 1 is 1.47 bits per heavy atom. The summed E-state index contributed by atoms with van der Waals surface area (Å²) in [5.41, 5.74) is 3.03. The predicted molar refractivity (Wildman–Crippen MR) is 62.4 cm³/mol. The molecule has 0 saturated carbocycles. The highest BCUT2D eigenvalue weighted by atomic mass is 16.1. The van der Waals surface area contributed by atoms with Gasteiger partial charge in [0.2, 0.25) is 0 Å². The summed E-state index contributed by atoms with van der Waals surface area (Å²) in [7, 11) is 1.99. The normalized spacial score (nSPS) is 10.7. The lowest BCUT2D eigenvalue weighted by atomic mass is 10.1. The van der Waals surface area contributed by atoms with Gasteiger partial charge in [0.05, 0.1) is 6.54 Å². The van der Waals surface area contributed by atoms with Crippen molar-refractivity contribution in [3.63, 3.8) is 0 Å². The lowest BCUT2D eigenvalue weighted by Crippen LogP contribution is -2.23. The van der Waals surface area contributed by atoms with Gasteiger partial charge < -0.3 is 9.88 Å². The van der Waals surface area contributed by atoms with Crippen LogP contribution in [0.2, 0.25) is 0 Å². The van der Waals surface area contributed by atoms with Crippen molar-refractivity contribution >= 4 is 5.78 Å². The van der Waals surface area contributed by atoms with Crippen molar-refractivity contribution < 1.29 is 4.79 Å². The molecule has 1 aromatic heterocycles. The van der Waals surface area contributed by atoms with Crippen molar-refractivity contribution in [1.82, 2.24) is 9.88 Å². The molecule has 0 saturated heterocycles. The van der Waals surface area contributed by atoms with E-state index in [1.54, 1.807) is 0 Å². The van der Waals surface area contributed by atoms with Crippen LogP contribution in [0, 0.1) is 13.8 Å². The van der Waals surface area contributed by atoms with Crippen molar-refractivity contribution in [3.05, 3.63) is 23.0 Å². The van der Waals surface area contributed by atoms with Gasteiger partial charge in [0, 0.05) is 24.0 Å². The summed E-state index contributed by atoms with van der Waals surface area (Å²) >= 11 is 0. The maximum absolute atomic E-state index is 11.8. The van der Waals surface area contributed by atoms with Gasteiger partial charge in [0.25, 0.3) is 0 Å². The molecule has 15 heavy (non-hydrogen) atoms. The van der Waals surface area contributed by atoms with Crippen LogP contribution in [0.25, 0.3) is 0 Å². The van der Waals surface area contributed by atoms with Gasteiger partial charge in [-0.3, -0.25) is 4.79 Å². The highest BCUT2D eigenvalue weighted by molar-refractivity contribution is 5.99. The summed E-state index contributed by atoms with van der Waals surface area (Å²) < 4.78 is 2.05. The van der Waals surface area contributed by atoms with Gasteiger partial charge in [-0.1, -0.05) is 6.92 Å². The lowest BCUT2D eigenvalue weighted by molar-refractivity contribution is 0.0990. The Bertz CT molecular complexity index is 353. The first-order valence-corrected chi connectivity index (χ1v) is 5.44. The average molecular weight is 208 g/mol. The van der Waals surface area contributed by atoms with Crippen LogP contribution >= 0.6 is 0 Å². The number of aryl methyl sites for hydroxylation is 1. The summed E-state index contributed by atoms with van der Waals surface area (Å²) in [6, 6.07) is 1.96. The summed E-state index contributed by atoms with van der Waals surface area (Å²) in [4.78, 5) is 11.8. The Balaban J connectivity index is 2.70. The molecule has 0 amide bonds.